The van der Waals surface area contributed by atoms with Gasteiger partial charge in [0.2, 0.25) is 0 Å². The fraction of sp³-hybridized carbons (Fsp3) is 0.391. The van der Waals surface area contributed by atoms with E-state index in [1.807, 2.05) is 0 Å². The normalized spacial score (nSPS) is 18.4. The van der Waals surface area contributed by atoms with E-state index in [9.17, 15) is 36.5 Å². The van der Waals surface area contributed by atoms with Gasteiger partial charge in [-0.05, 0) is 104 Å². The van der Waals surface area contributed by atoms with E-state index in [-0.39, 0.29) is 33.5 Å². The number of hydrogen-bond acceptors (Lipinski definition) is 11. The van der Waals surface area contributed by atoms with Gasteiger partial charge in [-0.2, -0.15) is 13.2 Å². The Morgan fingerprint density at radius 3 is 2.58 bits per heavy atom. The molecule has 3 N–H and O–H groups in total. The fourth-order valence-corrected chi connectivity index (χ4v) is 9.93. The summed E-state index contributed by atoms with van der Waals surface area (Å²) in [6.07, 6.45) is 3.71. The van der Waals surface area contributed by atoms with E-state index in [1.165, 1.54) is 30.5 Å². The van der Waals surface area contributed by atoms with Gasteiger partial charge in [0.05, 0.1) is 33.2 Å². The number of aromatic amines is 1. The van der Waals surface area contributed by atoms with E-state index >= 15 is 0 Å². The highest BCUT2D eigenvalue weighted by molar-refractivity contribution is 7.90. The Hall–Kier alpha value is -5.69. The number of hydrogen-bond donors (Lipinski definition) is 3. The third-order valence-electron chi connectivity index (χ3n) is 12.3. The number of amides is 1. The highest BCUT2D eigenvalue weighted by Gasteiger charge is 2.34. The maximum absolute atomic E-state index is 13.9. The van der Waals surface area contributed by atoms with E-state index in [4.69, 9.17) is 21.1 Å². The van der Waals surface area contributed by atoms with Gasteiger partial charge in [-0.1, -0.05) is 37.1 Å². The summed E-state index contributed by atoms with van der Waals surface area (Å²) in [6, 6.07) is 15.4. The SMILES string of the molecule is CC1(C)CCC(CN2CCN(c3ccc(C(=O)NS(=O)(=O)c4ccc(NCC5CCCCO5)c([N+](=O)[O-])c4)c(Oc4cnc5[nH]ccc5c4)c3)CC2)=C(c2ccc(C(F)(F)F)cc2Cl)C1. The van der Waals surface area contributed by atoms with Crippen molar-refractivity contribution in [1.82, 2.24) is 19.6 Å². The number of piperazine rings is 1. The number of nitrogens with one attached hydrogen (secondary N) is 3. The molecule has 14 nitrogen and oxygen atoms in total. The Balaban J connectivity index is 1.01. The first-order valence-electron chi connectivity index (χ1n) is 21.4. The van der Waals surface area contributed by atoms with Gasteiger partial charge < -0.3 is 24.7 Å². The number of halogens is 4. The van der Waals surface area contributed by atoms with Crippen LogP contribution in [0.3, 0.4) is 0 Å². The van der Waals surface area contributed by atoms with Crippen LogP contribution in [-0.4, -0.2) is 86.1 Å². The van der Waals surface area contributed by atoms with Crippen LogP contribution in [0.5, 0.6) is 11.5 Å². The summed E-state index contributed by atoms with van der Waals surface area (Å²) in [5.41, 5.74) is 2.81. The number of carbonyl (C=O) groups excluding carboxylic acids is 1. The molecule has 4 heterocycles. The number of pyridine rings is 1. The molecule has 0 spiro atoms. The Kier molecular flexibility index (Phi) is 13.2. The first-order valence-corrected chi connectivity index (χ1v) is 23.3. The molecular weight excluding hydrogens is 887 g/mol. The quantitative estimate of drug-likeness (QED) is 0.0758. The lowest BCUT2D eigenvalue weighted by molar-refractivity contribution is -0.384. The zero-order valence-corrected chi connectivity index (χ0v) is 37.4. The van der Waals surface area contributed by atoms with Gasteiger partial charge in [0.15, 0.2) is 0 Å². The van der Waals surface area contributed by atoms with Gasteiger partial charge in [0.1, 0.15) is 22.8 Å². The number of H-pyrrole nitrogens is 1. The maximum Gasteiger partial charge on any atom is 0.416 e. The number of ether oxygens (including phenoxy) is 2. The number of anilines is 2. The second-order valence-electron chi connectivity index (χ2n) is 17.5. The molecule has 3 aromatic carbocycles. The summed E-state index contributed by atoms with van der Waals surface area (Å²) in [4.78, 5) is 36.7. The lowest BCUT2D eigenvalue weighted by Gasteiger charge is -2.39. The van der Waals surface area contributed by atoms with E-state index in [0.29, 0.717) is 74.9 Å². The number of allylic oxidation sites excluding steroid dienone is 1. The zero-order valence-electron chi connectivity index (χ0n) is 35.8. The van der Waals surface area contributed by atoms with Crippen LogP contribution in [0.4, 0.5) is 30.2 Å². The van der Waals surface area contributed by atoms with Crippen LogP contribution in [0.1, 0.15) is 73.9 Å². The number of nitrogens with zero attached hydrogens (tertiary/aromatic N) is 4. The molecule has 0 saturated carbocycles. The second kappa shape index (κ2) is 18.7. The predicted molar refractivity (Wildman–Crippen MR) is 242 cm³/mol. The van der Waals surface area contributed by atoms with Gasteiger partial charge in [0, 0.05) is 80.3 Å². The second-order valence-corrected chi connectivity index (χ2v) is 19.6. The Labute approximate surface area is 379 Å². The molecule has 0 radical (unpaired) electrons. The van der Waals surface area contributed by atoms with Crippen LogP contribution in [-0.2, 0) is 20.9 Å². The number of benzene rings is 3. The first kappa shape index (κ1) is 45.9. The molecule has 1 unspecified atom stereocenters. The summed E-state index contributed by atoms with van der Waals surface area (Å²) in [7, 11) is -4.62. The predicted octanol–water partition coefficient (Wildman–Crippen LogP) is 9.82. The van der Waals surface area contributed by atoms with E-state index in [1.54, 1.807) is 30.5 Å². The van der Waals surface area contributed by atoms with Crippen LogP contribution < -0.4 is 19.7 Å². The Morgan fingerprint density at radius 2 is 1.86 bits per heavy atom. The van der Waals surface area contributed by atoms with Crippen LogP contribution in [0, 0.1) is 15.5 Å². The smallest absolute Gasteiger partial charge is 0.416 e. The van der Waals surface area contributed by atoms with Crippen molar-refractivity contribution in [2.24, 2.45) is 5.41 Å². The zero-order chi connectivity index (χ0) is 46.1. The number of alkyl halides is 3. The number of rotatable bonds is 13. The molecule has 344 valence electrons. The summed E-state index contributed by atoms with van der Waals surface area (Å²) in [5, 5.41) is 15.9. The summed E-state index contributed by atoms with van der Waals surface area (Å²) >= 11 is 6.53. The molecule has 2 fully saturated rings. The molecular formula is C46H49ClF3N7O7S. The van der Waals surface area contributed by atoms with Crippen LogP contribution in [0.25, 0.3) is 16.6 Å². The standard InChI is InChI=1S/C46H49ClF3N7O7S/c1-45(2)14-12-30(38(25-45)36-9-6-31(22-39(36)47)46(48,49)50)28-55-16-18-56(19-17-55)32-7-10-37(42(23-32)64-34-21-29-13-15-51-43(29)53-27-34)44(58)54-65(61,62)35-8-11-40(41(24-35)57(59)60)52-26-33-5-3-4-20-63-33/h6-11,13,15,21-24,27,33,52H,3-5,12,14,16-20,25-26,28H2,1-2H3,(H,51,53)(H,54,58). The molecule has 1 atom stereocenters. The van der Waals surface area contributed by atoms with Crippen LogP contribution >= 0.6 is 11.6 Å². The summed E-state index contributed by atoms with van der Waals surface area (Å²) in [5.74, 6) is -0.668. The average molecular weight is 936 g/mol. The Bertz CT molecular complexity index is 2750. The van der Waals surface area contributed by atoms with Crippen molar-refractivity contribution in [3.05, 3.63) is 117 Å². The molecule has 65 heavy (non-hydrogen) atoms. The number of sulfonamides is 1. The van der Waals surface area contributed by atoms with Crippen molar-refractivity contribution in [1.29, 1.82) is 0 Å². The molecule has 5 aromatic rings. The van der Waals surface area contributed by atoms with E-state index in [0.717, 1.165) is 66.8 Å². The number of carbonyl (C=O) groups is 1. The number of nitro groups is 1. The van der Waals surface area contributed by atoms with E-state index in [2.05, 4.69) is 43.7 Å². The molecule has 2 saturated heterocycles. The minimum atomic E-state index is -4.62. The highest BCUT2D eigenvalue weighted by atomic mass is 35.5. The highest BCUT2D eigenvalue weighted by Crippen LogP contribution is 2.46. The molecule has 3 aliphatic rings. The third-order valence-corrected chi connectivity index (χ3v) is 13.9. The maximum atomic E-state index is 13.9. The lowest BCUT2D eigenvalue weighted by atomic mass is 9.72. The van der Waals surface area contributed by atoms with Gasteiger partial charge in [0.25, 0.3) is 21.6 Å². The van der Waals surface area contributed by atoms with Crippen molar-refractivity contribution in [2.45, 2.75) is 69.5 Å². The molecule has 8 rings (SSSR count). The summed E-state index contributed by atoms with van der Waals surface area (Å²) in [6.45, 7) is 8.33. The largest absolute Gasteiger partial charge is 0.455 e. The molecule has 0 bridgehead atoms. The number of fused-ring (bicyclic) bond motifs is 1. The fourth-order valence-electron chi connectivity index (χ4n) is 8.65. The monoisotopic (exact) mass is 935 g/mol. The molecule has 1 aliphatic carbocycles. The van der Waals surface area contributed by atoms with Crippen LogP contribution in [0.15, 0.2) is 89.6 Å². The lowest BCUT2D eigenvalue weighted by Crippen LogP contribution is -2.47. The third kappa shape index (κ3) is 10.7. The minimum Gasteiger partial charge on any atom is -0.455 e. The number of nitro benzene ring substituents is 1. The molecule has 19 heteroatoms. The Morgan fingerprint density at radius 1 is 1.06 bits per heavy atom. The van der Waals surface area contributed by atoms with Crippen molar-refractivity contribution in [3.63, 3.8) is 0 Å². The average Bonchev–Trinajstić information content (AvgIpc) is 3.74. The van der Waals surface area contributed by atoms with Gasteiger partial charge in [-0.3, -0.25) is 19.8 Å². The van der Waals surface area contributed by atoms with Crippen molar-refractivity contribution in [3.8, 4) is 11.5 Å². The summed E-state index contributed by atoms with van der Waals surface area (Å²) < 4.78 is 81.8. The first-order chi connectivity index (χ1) is 30.9. The van der Waals surface area contributed by atoms with Gasteiger partial charge >= 0.3 is 6.18 Å². The molecule has 2 aromatic heterocycles. The van der Waals surface area contributed by atoms with Gasteiger partial charge in [-0.15, -0.1) is 0 Å². The molecule has 1 amide bonds. The molecule has 2 aliphatic heterocycles. The minimum absolute atomic E-state index is 0.0475. The van der Waals surface area contributed by atoms with Crippen molar-refractivity contribution < 1.29 is 40.8 Å². The topological polar surface area (TPSA) is 172 Å². The van der Waals surface area contributed by atoms with Crippen molar-refractivity contribution >= 4 is 61.2 Å². The number of aromatic nitrogens is 2. The van der Waals surface area contributed by atoms with Crippen LogP contribution in [0.2, 0.25) is 5.02 Å². The van der Waals surface area contributed by atoms with Crippen molar-refractivity contribution in [2.75, 3.05) is 56.1 Å². The van der Waals surface area contributed by atoms with E-state index < -0.39 is 43.2 Å². The van der Waals surface area contributed by atoms with Gasteiger partial charge in [-0.25, -0.2) is 18.1 Å².